The Morgan fingerprint density at radius 2 is 1.79 bits per heavy atom. The van der Waals surface area contributed by atoms with E-state index in [1.807, 2.05) is 24.3 Å². The van der Waals surface area contributed by atoms with Crippen LogP contribution in [0.15, 0.2) is 36.4 Å². The predicted octanol–water partition coefficient (Wildman–Crippen LogP) is 2.82. The molecule has 0 spiro atoms. The van der Waals surface area contributed by atoms with Crippen LogP contribution in [0.25, 0.3) is 0 Å². The highest BCUT2D eigenvalue weighted by Crippen LogP contribution is 2.10. The monoisotopic (exact) mass is 335 g/mol. The van der Waals surface area contributed by atoms with Crippen molar-refractivity contribution in [3.8, 4) is 0 Å². The van der Waals surface area contributed by atoms with E-state index in [0.717, 1.165) is 11.1 Å². The van der Waals surface area contributed by atoms with E-state index in [0.29, 0.717) is 19.3 Å². The molecule has 1 aromatic carbocycles. The number of nitrogens with one attached hydrogen (secondary N) is 1. The summed E-state index contributed by atoms with van der Waals surface area (Å²) in [6.45, 7) is 1.40. The van der Waals surface area contributed by atoms with Crippen LogP contribution in [0.2, 0.25) is 0 Å². The molecule has 0 aliphatic rings. The lowest BCUT2D eigenvalue weighted by Gasteiger charge is -2.11. The maximum absolute atomic E-state index is 11.6. The van der Waals surface area contributed by atoms with E-state index >= 15 is 0 Å². The number of hydrogen-bond acceptors (Lipinski definition) is 4. The van der Waals surface area contributed by atoms with Gasteiger partial charge in [0.2, 0.25) is 0 Å². The number of ketones is 2. The molecule has 0 amide bonds. The van der Waals surface area contributed by atoms with Crippen molar-refractivity contribution in [2.75, 3.05) is 7.05 Å². The molecule has 1 aromatic rings. The molecule has 24 heavy (non-hydrogen) atoms. The minimum Gasteiger partial charge on any atom is -0.480 e. The van der Waals surface area contributed by atoms with Crippen molar-refractivity contribution >= 4 is 17.5 Å². The molecular weight excluding hydrogens is 306 g/mol. The topological polar surface area (TPSA) is 83.5 Å². The number of carboxylic acids is 1. The van der Waals surface area contributed by atoms with Crippen LogP contribution in [0.1, 0.15) is 39.3 Å². The van der Waals surface area contributed by atoms with E-state index in [1.54, 1.807) is 7.05 Å². The minimum atomic E-state index is -0.891. The van der Waals surface area contributed by atoms with Gasteiger partial charge in [-0.25, -0.2) is 0 Å². The van der Waals surface area contributed by atoms with Gasteiger partial charge in [-0.1, -0.05) is 39.1 Å². The molecule has 0 radical (unpaired) electrons. The van der Waals surface area contributed by atoms with Gasteiger partial charge in [-0.05, 0) is 50.1 Å². The number of aliphatic carboxylic acids is 1. The lowest BCUT2D eigenvalue weighted by molar-refractivity contribution is -0.139. The van der Waals surface area contributed by atoms with E-state index in [9.17, 15) is 14.4 Å². The highest BCUT2D eigenvalue weighted by atomic mass is 16.4. The Balaban J connectivity index is 0. The number of benzene rings is 1. The van der Waals surface area contributed by atoms with E-state index in [-0.39, 0.29) is 26.4 Å². The van der Waals surface area contributed by atoms with Gasteiger partial charge in [0.1, 0.15) is 6.04 Å². The Morgan fingerprint density at radius 3 is 2.33 bits per heavy atom. The summed E-state index contributed by atoms with van der Waals surface area (Å²) in [5.74, 6) is -1.14. The third-order valence-corrected chi connectivity index (χ3v) is 3.24. The fraction of sp³-hybridized carbons (Fsp3) is 0.421. The maximum atomic E-state index is 11.6. The van der Waals surface area contributed by atoms with Gasteiger partial charge in [0.25, 0.3) is 0 Å². The molecule has 0 aliphatic heterocycles. The molecule has 0 saturated heterocycles. The molecule has 1 rings (SSSR count). The molecule has 0 fully saturated rings. The van der Waals surface area contributed by atoms with Crippen LogP contribution in [0.4, 0.5) is 0 Å². The van der Waals surface area contributed by atoms with Crippen molar-refractivity contribution in [2.24, 2.45) is 0 Å². The van der Waals surface area contributed by atoms with E-state index in [1.165, 1.54) is 19.1 Å². The standard InChI is InChI=1S/C17H21NO4.2CH4/c1-12(19)6-8-15(20)9-7-13-4-3-5-14(10-13)11-16(18-2)17(21)22;;/h3-6,8,10,16,18H,7,9,11H2,1-2H3,(H,21,22);2*1H4/b8-6+;;/t16-;;/m1../s1. The molecule has 1 atom stereocenters. The van der Waals surface area contributed by atoms with Crippen LogP contribution in [-0.4, -0.2) is 35.7 Å². The van der Waals surface area contributed by atoms with Gasteiger partial charge in [0.05, 0.1) is 0 Å². The second-order valence-corrected chi connectivity index (χ2v) is 5.11. The first-order chi connectivity index (χ1) is 10.4. The molecule has 0 saturated carbocycles. The average molecular weight is 335 g/mol. The summed E-state index contributed by atoms with van der Waals surface area (Å²) in [5, 5.41) is 11.8. The quantitative estimate of drug-likeness (QED) is 0.678. The highest BCUT2D eigenvalue weighted by molar-refractivity contribution is 5.97. The fourth-order valence-corrected chi connectivity index (χ4v) is 2.02. The van der Waals surface area contributed by atoms with Crippen LogP contribution >= 0.6 is 0 Å². The Labute approximate surface area is 144 Å². The predicted molar refractivity (Wildman–Crippen MR) is 97.2 cm³/mol. The zero-order valence-electron chi connectivity index (χ0n) is 12.8. The van der Waals surface area contributed by atoms with Crippen molar-refractivity contribution in [1.29, 1.82) is 0 Å². The van der Waals surface area contributed by atoms with Crippen molar-refractivity contribution in [2.45, 2.75) is 47.1 Å². The third kappa shape index (κ3) is 9.00. The normalized spacial score (nSPS) is 11.2. The summed E-state index contributed by atoms with van der Waals surface area (Å²) in [5.41, 5.74) is 1.88. The van der Waals surface area contributed by atoms with Gasteiger partial charge in [-0.2, -0.15) is 0 Å². The number of aryl methyl sites for hydroxylation is 1. The Bertz CT molecular complexity index is 578. The van der Waals surface area contributed by atoms with E-state index in [4.69, 9.17) is 5.11 Å². The lowest BCUT2D eigenvalue weighted by Crippen LogP contribution is -2.35. The first-order valence-corrected chi connectivity index (χ1v) is 7.11. The molecular formula is C19H29NO4. The maximum Gasteiger partial charge on any atom is 0.321 e. The summed E-state index contributed by atoms with van der Waals surface area (Å²) >= 11 is 0. The van der Waals surface area contributed by atoms with Crippen LogP contribution in [0, 0.1) is 0 Å². The number of likely N-dealkylation sites (N-methyl/N-ethyl adjacent to an activating group) is 1. The number of allylic oxidation sites excluding steroid dienone is 2. The molecule has 0 bridgehead atoms. The second kappa shape index (κ2) is 12.2. The summed E-state index contributed by atoms with van der Waals surface area (Å²) in [6.07, 6.45) is 3.84. The van der Waals surface area contributed by atoms with Crippen molar-refractivity contribution in [1.82, 2.24) is 5.32 Å². The molecule has 0 unspecified atom stereocenters. The summed E-state index contributed by atoms with van der Waals surface area (Å²) in [7, 11) is 1.61. The minimum absolute atomic E-state index is 0. The molecule has 0 aromatic heterocycles. The van der Waals surface area contributed by atoms with Gasteiger partial charge in [-0.15, -0.1) is 0 Å². The fourth-order valence-electron chi connectivity index (χ4n) is 2.02. The van der Waals surface area contributed by atoms with E-state index in [2.05, 4.69) is 5.32 Å². The number of carboxylic acid groups (broad SMARTS) is 1. The highest BCUT2D eigenvalue weighted by Gasteiger charge is 2.15. The summed E-state index contributed by atoms with van der Waals surface area (Å²) < 4.78 is 0. The van der Waals surface area contributed by atoms with Crippen LogP contribution in [-0.2, 0) is 27.2 Å². The zero-order chi connectivity index (χ0) is 16.5. The van der Waals surface area contributed by atoms with Gasteiger partial charge < -0.3 is 10.4 Å². The van der Waals surface area contributed by atoms with Crippen LogP contribution < -0.4 is 5.32 Å². The SMILES string of the molecule is C.C.CN[C@H](Cc1cccc(CCC(=O)/C=C/C(C)=O)c1)C(=O)O. The van der Waals surface area contributed by atoms with Gasteiger partial charge in [-0.3, -0.25) is 14.4 Å². The van der Waals surface area contributed by atoms with Crippen LogP contribution in [0.5, 0.6) is 0 Å². The first kappa shape index (κ1) is 24.0. The summed E-state index contributed by atoms with van der Waals surface area (Å²) in [6, 6.07) is 6.91. The Morgan fingerprint density at radius 1 is 1.17 bits per heavy atom. The van der Waals surface area contributed by atoms with Gasteiger partial charge in [0, 0.05) is 6.42 Å². The number of carbonyl (C=O) groups excluding carboxylic acids is 2. The summed E-state index contributed by atoms with van der Waals surface area (Å²) in [4.78, 5) is 33.4. The van der Waals surface area contributed by atoms with Gasteiger partial charge >= 0.3 is 5.97 Å². The van der Waals surface area contributed by atoms with Crippen molar-refractivity contribution < 1.29 is 19.5 Å². The van der Waals surface area contributed by atoms with Crippen LogP contribution in [0.3, 0.4) is 0 Å². The number of rotatable bonds is 9. The third-order valence-electron chi connectivity index (χ3n) is 3.24. The second-order valence-electron chi connectivity index (χ2n) is 5.11. The van der Waals surface area contributed by atoms with Gasteiger partial charge in [0.15, 0.2) is 11.6 Å². The van der Waals surface area contributed by atoms with Crippen molar-refractivity contribution in [3.05, 3.63) is 47.5 Å². The average Bonchev–Trinajstić information content (AvgIpc) is 2.48. The molecule has 5 nitrogen and oxygen atoms in total. The van der Waals surface area contributed by atoms with Crippen molar-refractivity contribution in [3.63, 3.8) is 0 Å². The zero-order valence-corrected chi connectivity index (χ0v) is 12.8. The first-order valence-electron chi connectivity index (χ1n) is 7.11. The molecule has 2 N–H and O–H groups in total. The number of carbonyl (C=O) groups is 3. The molecule has 5 heteroatoms. The molecule has 0 heterocycles. The lowest BCUT2D eigenvalue weighted by atomic mass is 10.0. The number of hydrogen-bond donors (Lipinski definition) is 2. The Hall–Kier alpha value is -2.27. The Kier molecular flexibility index (Phi) is 12.2. The smallest absolute Gasteiger partial charge is 0.321 e. The largest absolute Gasteiger partial charge is 0.480 e. The molecule has 134 valence electrons. The molecule has 0 aliphatic carbocycles. The van der Waals surface area contributed by atoms with E-state index < -0.39 is 12.0 Å².